The first-order valence-electron chi connectivity index (χ1n) is 3.74. The van der Waals surface area contributed by atoms with E-state index in [2.05, 4.69) is 0 Å². The standard InChI is InChI=1S/C9H11FO3/c1-12-8-4-3-7(10)9(13-2)6(8)5-11/h3-4,11H,5H2,1-2H3. The minimum absolute atomic E-state index is 0.0295. The number of rotatable bonds is 3. The summed E-state index contributed by atoms with van der Waals surface area (Å²) in [6, 6.07) is 2.68. The highest BCUT2D eigenvalue weighted by atomic mass is 19.1. The molecule has 3 nitrogen and oxygen atoms in total. The van der Waals surface area contributed by atoms with Gasteiger partial charge in [0.05, 0.1) is 26.4 Å². The van der Waals surface area contributed by atoms with Gasteiger partial charge in [-0.05, 0) is 12.1 Å². The molecule has 1 aromatic rings. The Bertz CT molecular complexity index is 299. The van der Waals surface area contributed by atoms with E-state index >= 15 is 0 Å². The third-order valence-corrected chi connectivity index (χ3v) is 1.75. The summed E-state index contributed by atoms with van der Waals surface area (Å²) in [5, 5.41) is 8.96. The van der Waals surface area contributed by atoms with Gasteiger partial charge in [0.2, 0.25) is 0 Å². The summed E-state index contributed by atoms with van der Waals surface area (Å²) >= 11 is 0. The van der Waals surface area contributed by atoms with Gasteiger partial charge < -0.3 is 14.6 Å². The Balaban J connectivity index is 3.27. The zero-order chi connectivity index (χ0) is 9.84. The molecule has 0 bridgehead atoms. The molecular weight excluding hydrogens is 175 g/mol. The monoisotopic (exact) mass is 186 g/mol. The predicted molar refractivity (Wildman–Crippen MR) is 45.4 cm³/mol. The SMILES string of the molecule is COc1ccc(F)c(OC)c1CO. The number of halogens is 1. The summed E-state index contributed by atoms with van der Waals surface area (Å²) in [6.07, 6.45) is 0. The largest absolute Gasteiger partial charge is 0.496 e. The molecule has 0 aliphatic rings. The zero-order valence-corrected chi connectivity index (χ0v) is 7.50. The van der Waals surface area contributed by atoms with Crippen LogP contribution in [0.5, 0.6) is 11.5 Å². The molecule has 1 aromatic carbocycles. The minimum atomic E-state index is -0.507. The van der Waals surface area contributed by atoms with E-state index < -0.39 is 5.82 Å². The highest BCUT2D eigenvalue weighted by molar-refractivity contribution is 5.45. The lowest BCUT2D eigenvalue weighted by molar-refractivity contribution is 0.262. The number of aliphatic hydroxyl groups excluding tert-OH is 1. The topological polar surface area (TPSA) is 38.7 Å². The van der Waals surface area contributed by atoms with Gasteiger partial charge in [0, 0.05) is 0 Å². The molecule has 72 valence electrons. The fourth-order valence-corrected chi connectivity index (χ4v) is 1.14. The van der Waals surface area contributed by atoms with Gasteiger partial charge >= 0.3 is 0 Å². The van der Waals surface area contributed by atoms with Crippen molar-refractivity contribution in [2.75, 3.05) is 14.2 Å². The van der Waals surface area contributed by atoms with E-state index in [1.165, 1.54) is 26.4 Å². The second-order valence-corrected chi connectivity index (χ2v) is 2.42. The van der Waals surface area contributed by atoms with E-state index in [0.717, 1.165) is 0 Å². The maximum Gasteiger partial charge on any atom is 0.165 e. The Labute approximate surface area is 75.7 Å². The molecule has 0 radical (unpaired) electrons. The quantitative estimate of drug-likeness (QED) is 0.774. The van der Waals surface area contributed by atoms with Gasteiger partial charge in [0.25, 0.3) is 0 Å². The van der Waals surface area contributed by atoms with Crippen molar-refractivity contribution in [1.82, 2.24) is 0 Å². The van der Waals surface area contributed by atoms with Crippen molar-refractivity contribution in [2.24, 2.45) is 0 Å². The van der Waals surface area contributed by atoms with Crippen LogP contribution >= 0.6 is 0 Å². The van der Waals surface area contributed by atoms with Crippen LogP contribution in [0.15, 0.2) is 12.1 Å². The van der Waals surface area contributed by atoms with E-state index in [1.54, 1.807) is 0 Å². The molecule has 0 aliphatic heterocycles. The van der Waals surface area contributed by atoms with Crippen molar-refractivity contribution < 1.29 is 19.0 Å². The maximum absolute atomic E-state index is 13.1. The van der Waals surface area contributed by atoms with Crippen molar-refractivity contribution in [3.8, 4) is 11.5 Å². The molecule has 0 heterocycles. The summed E-state index contributed by atoms with van der Waals surface area (Å²) in [5.41, 5.74) is 0.324. The number of hydrogen-bond donors (Lipinski definition) is 1. The number of hydrogen-bond acceptors (Lipinski definition) is 3. The summed E-state index contributed by atoms with van der Waals surface area (Å²) < 4.78 is 22.8. The van der Waals surface area contributed by atoms with Crippen LogP contribution in [-0.4, -0.2) is 19.3 Å². The molecule has 0 unspecified atom stereocenters. The number of aliphatic hydroxyl groups is 1. The van der Waals surface area contributed by atoms with Crippen LogP contribution in [0.2, 0.25) is 0 Å². The zero-order valence-electron chi connectivity index (χ0n) is 7.50. The van der Waals surface area contributed by atoms with E-state index in [-0.39, 0.29) is 12.4 Å². The second kappa shape index (κ2) is 4.09. The lowest BCUT2D eigenvalue weighted by Gasteiger charge is -2.11. The Morgan fingerprint density at radius 2 is 2.00 bits per heavy atom. The third-order valence-electron chi connectivity index (χ3n) is 1.75. The first-order chi connectivity index (χ1) is 6.24. The first kappa shape index (κ1) is 9.80. The second-order valence-electron chi connectivity index (χ2n) is 2.42. The van der Waals surface area contributed by atoms with Crippen molar-refractivity contribution in [2.45, 2.75) is 6.61 Å². The molecule has 13 heavy (non-hydrogen) atoms. The van der Waals surface area contributed by atoms with Crippen LogP contribution in [0.4, 0.5) is 4.39 Å². The van der Waals surface area contributed by atoms with Gasteiger partial charge in [-0.25, -0.2) is 4.39 Å². The van der Waals surface area contributed by atoms with E-state index in [1.807, 2.05) is 0 Å². The van der Waals surface area contributed by atoms with E-state index in [4.69, 9.17) is 14.6 Å². The number of benzene rings is 1. The van der Waals surface area contributed by atoms with Gasteiger partial charge in [-0.15, -0.1) is 0 Å². The molecule has 0 saturated carbocycles. The average Bonchev–Trinajstić information content (AvgIpc) is 2.17. The van der Waals surface area contributed by atoms with Gasteiger partial charge in [-0.1, -0.05) is 0 Å². The molecule has 0 atom stereocenters. The third kappa shape index (κ3) is 1.72. The van der Waals surface area contributed by atoms with Gasteiger partial charge in [0.15, 0.2) is 11.6 Å². The van der Waals surface area contributed by atoms with Crippen LogP contribution in [0.25, 0.3) is 0 Å². The maximum atomic E-state index is 13.1. The van der Waals surface area contributed by atoms with Crippen LogP contribution < -0.4 is 9.47 Å². The molecule has 1 N–H and O–H groups in total. The number of ether oxygens (including phenoxy) is 2. The Kier molecular flexibility index (Phi) is 3.08. The Hall–Kier alpha value is -1.29. The smallest absolute Gasteiger partial charge is 0.165 e. The number of methoxy groups -OCH3 is 2. The van der Waals surface area contributed by atoms with Crippen LogP contribution in [0.1, 0.15) is 5.56 Å². The van der Waals surface area contributed by atoms with Crippen molar-refractivity contribution >= 4 is 0 Å². The minimum Gasteiger partial charge on any atom is -0.496 e. The highest BCUT2D eigenvalue weighted by Gasteiger charge is 2.13. The molecule has 0 spiro atoms. The molecule has 1 rings (SSSR count). The van der Waals surface area contributed by atoms with Gasteiger partial charge in [0.1, 0.15) is 5.75 Å². The first-order valence-corrected chi connectivity index (χ1v) is 3.74. The van der Waals surface area contributed by atoms with Crippen molar-refractivity contribution in [3.05, 3.63) is 23.5 Å². The van der Waals surface area contributed by atoms with Crippen molar-refractivity contribution in [1.29, 1.82) is 0 Å². The van der Waals surface area contributed by atoms with E-state index in [0.29, 0.717) is 11.3 Å². The molecule has 0 amide bonds. The fourth-order valence-electron chi connectivity index (χ4n) is 1.14. The summed E-state index contributed by atoms with van der Waals surface area (Å²) in [6.45, 7) is -0.315. The summed E-state index contributed by atoms with van der Waals surface area (Å²) in [4.78, 5) is 0. The average molecular weight is 186 g/mol. The molecule has 0 aromatic heterocycles. The van der Waals surface area contributed by atoms with Crippen LogP contribution in [0, 0.1) is 5.82 Å². The molecular formula is C9H11FO3. The Morgan fingerprint density at radius 1 is 1.31 bits per heavy atom. The fraction of sp³-hybridized carbons (Fsp3) is 0.333. The Morgan fingerprint density at radius 3 is 2.46 bits per heavy atom. The highest BCUT2D eigenvalue weighted by Crippen LogP contribution is 2.30. The predicted octanol–water partition coefficient (Wildman–Crippen LogP) is 1.34. The van der Waals surface area contributed by atoms with E-state index in [9.17, 15) is 4.39 Å². The van der Waals surface area contributed by atoms with Crippen LogP contribution in [-0.2, 0) is 6.61 Å². The molecule has 0 fully saturated rings. The normalized spacial score (nSPS) is 9.85. The lowest BCUT2D eigenvalue weighted by atomic mass is 10.2. The van der Waals surface area contributed by atoms with Crippen molar-refractivity contribution in [3.63, 3.8) is 0 Å². The summed E-state index contributed by atoms with van der Waals surface area (Å²) in [7, 11) is 2.79. The molecule has 0 aliphatic carbocycles. The molecule has 0 saturated heterocycles. The summed E-state index contributed by atoms with van der Waals surface area (Å²) in [5.74, 6) is -0.0602. The lowest BCUT2D eigenvalue weighted by Crippen LogP contribution is -1.98. The van der Waals surface area contributed by atoms with Crippen LogP contribution in [0.3, 0.4) is 0 Å². The van der Waals surface area contributed by atoms with Gasteiger partial charge in [-0.2, -0.15) is 0 Å². The molecule has 4 heteroatoms. The van der Waals surface area contributed by atoms with Gasteiger partial charge in [-0.3, -0.25) is 0 Å².